The first-order valence-electron chi connectivity index (χ1n) is 10.9. The summed E-state index contributed by atoms with van der Waals surface area (Å²) in [6, 6.07) is 44.6. The van der Waals surface area contributed by atoms with Crippen LogP contribution in [0, 0.1) is 0 Å². The van der Waals surface area contributed by atoms with E-state index in [0.717, 1.165) is 0 Å². The first-order valence-corrected chi connectivity index (χ1v) is 16.5. The number of benzene rings is 4. The van der Waals surface area contributed by atoms with E-state index in [4.69, 9.17) is 20.4 Å². The Morgan fingerprint density at radius 2 is 0.879 bits per heavy atom. The molecule has 0 aliphatic heterocycles. The van der Waals surface area contributed by atoms with Gasteiger partial charge < -0.3 is 0 Å². The Balaban J connectivity index is 0.000000968. The second-order valence-electron chi connectivity index (χ2n) is 7.43. The van der Waals surface area contributed by atoms with Gasteiger partial charge in [-0.15, -0.1) is 0 Å². The zero-order valence-electron chi connectivity index (χ0n) is 18.5. The average molecular weight is 556 g/mol. The molecule has 0 fully saturated rings. The minimum absolute atomic E-state index is 0.393. The summed E-state index contributed by atoms with van der Waals surface area (Å²) in [6.07, 6.45) is 2.41. The summed E-state index contributed by atoms with van der Waals surface area (Å²) in [4.78, 5) is 0. The van der Waals surface area contributed by atoms with Gasteiger partial charge in [0.05, 0.1) is 0 Å². The van der Waals surface area contributed by atoms with Crippen LogP contribution in [0.2, 0.25) is 0 Å². The van der Waals surface area contributed by atoms with Gasteiger partial charge in [0.1, 0.15) is 0 Å². The van der Waals surface area contributed by atoms with Gasteiger partial charge >= 0.3 is 33.0 Å². The molecular formula is C28H28Cl2NiP2. The summed E-state index contributed by atoms with van der Waals surface area (Å²) >= 11 is 0.569. The van der Waals surface area contributed by atoms with Crippen molar-refractivity contribution in [3.63, 3.8) is 0 Å². The van der Waals surface area contributed by atoms with Crippen molar-refractivity contribution in [2.24, 2.45) is 0 Å². The molecule has 4 aromatic rings. The minimum atomic E-state index is -0.411. The van der Waals surface area contributed by atoms with Crippen molar-refractivity contribution >= 4 is 57.4 Å². The van der Waals surface area contributed by atoms with Crippen molar-refractivity contribution in [3.8, 4) is 0 Å². The molecule has 0 saturated heterocycles. The predicted octanol–water partition coefficient (Wildman–Crippen LogP) is 7.41. The van der Waals surface area contributed by atoms with Gasteiger partial charge in [0.25, 0.3) is 0 Å². The topological polar surface area (TPSA) is 0 Å². The van der Waals surface area contributed by atoms with Crippen LogP contribution < -0.4 is 21.2 Å². The zero-order chi connectivity index (χ0) is 23.3. The molecule has 33 heavy (non-hydrogen) atoms. The molecule has 1 unspecified atom stereocenters. The fourth-order valence-corrected chi connectivity index (χ4v) is 10.0. The molecule has 4 rings (SSSR count). The Bertz CT molecular complexity index is 955. The Morgan fingerprint density at radius 3 is 1.18 bits per heavy atom. The average Bonchev–Trinajstić information content (AvgIpc) is 2.89. The maximum absolute atomic E-state index is 4.70. The fraction of sp³-hybridized carbons (Fsp3) is 0.143. The van der Waals surface area contributed by atoms with Crippen molar-refractivity contribution in [3.05, 3.63) is 121 Å². The summed E-state index contributed by atoms with van der Waals surface area (Å²) in [5, 5.41) is 5.93. The molecule has 174 valence electrons. The molecule has 0 heterocycles. The molecule has 0 aliphatic carbocycles. The Hall–Kier alpha value is -1.19. The van der Waals surface area contributed by atoms with Crippen LogP contribution in [0.25, 0.3) is 0 Å². The van der Waals surface area contributed by atoms with E-state index in [1.165, 1.54) is 33.8 Å². The molecule has 0 N–H and O–H groups in total. The summed E-state index contributed by atoms with van der Waals surface area (Å²) in [5.74, 6) is 0. The molecule has 0 amide bonds. The number of halogens is 2. The van der Waals surface area contributed by atoms with E-state index in [9.17, 15) is 0 Å². The second-order valence-corrected chi connectivity index (χ2v) is 13.8. The van der Waals surface area contributed by atoms with Crippen LogP contribution in [-0.2, 0) is 12.7 Å². The van der Waals surface area contributed by atoms with Gasteiger partial charge in [0.15, 0.2) is 0 Å². The fourth-order valence-electron chi connectivity index (χ4n) is 3.93. The van der Waals surface area contributed by atoms with Crippen LogP contribution in [0.5, 0.6) is 0 Å². The third kappa shape index (κ3) is 7.93. The first kappa shape index (κ1) is 26.4. The van der Waals surface area contributed by atoms with E-state index in [1.54, 1.807) is 0 Å². The first-order chi connectivity index (χ1) is 16.3. The van der Waals surface area contributed by atoms with Gasteiger partial charge in [-0.2, -0.15) is 0 Å². The third-order valence-electron chi connectivity index (χ3n) is 5.43. The van der Waals surface area contributed by atoms with Crippen LogP contribution in [-0.4, -0.2) is 11.8 Å². The molecular weight excluding hydrogens is 528 g/mol. The molecule has 0 nitrogen and oxygen atoms in total. The number of hydrogen-bond acceptors (Lipinski definition) is 0. The van der Waals surface area contributed by atoms with E-state index >= 15 is 0 Å². The Morgan fingerprint density at radius 1 is 0.576 bits per heavy atom. The SMILES string of the molecule is CCC(CP(c1ccccc1)c1ccccc1)P(c1ccccc1)c1ccccc1.[Cl][Ni][Cl]. The Labute approximate surface area is 215 Å². The van der Waals surface area contributed by atoms with E-state index < -0.39 is 15.8 Å². The van der Waals surface area contributed by atoms with Crippen molar-refractivity contribution < 1.29 is 12.7 Å². The van der Waals surface area contributed by atoms with E-state index in [2.05, 4.69) is 128 Å². The molecule has 0 spiro atoms. The van der Waals surface area contributed by atoms with E-state index in [-0.39, 0.29) is 0 Å². The maximum atomic E-state index is 4.70. The van der Waals surface area contributed by atoms with Gasteiger partial charge in [-0.25, -0.2) is 0 Å². The van der Waals surface area contributed by atoms with Crippen LogP contribution in [0.4, 0.5) is 0 Å². The van der Waals surface area contributed by atoms with Gasteiger partial charge in [0, 0.05) is 0 Å². The van der Waals surface area contributed by atoms with Gasteiger partial charge in [0.2, 0.25) is 0 Å². The van der Waals surface area contributed by atoms with Crippen LogP contribution in [0.3, 0.4) is 0 Å². The number of rotatable bonds is 8. The predicted molar refractivity (Wildman–Crippen MR) is 149 cm³/mol. The molecule has 0 aliphatic rings. The van der Waals surface area contributed by atoms with Crippen LogP contribution >= 0.6 is 36.2 Å². The molecule has 0 saturated carbocycles. The molecule has 0 radical (unpaired) electrons. The van der Waals surface area contributed by atoms with E-state index in [0.29, 0.717) is 18.3 Å². The molecule has 4 aromatic carbocycles. The quantitative estimate of drug-likeness (QED) is 0.157. The van der Waals surface area contributed by atoms with Crippen LogP contribution in [0.15, 0.2) is 121 Å². The van der Waals surface area contributed by atoms with Gasteiger partial charge in [-0.05, 0) is 55.3 Å². The van der Waals surface area contributed by atoms with Gasteiger partial charge in [-0.1, -0.05) is 128 Å². The monoisotopic (exact) mass is 554 g/mol. The van der Waals surface area contributed by atoms with E-state index in [1.807, 2.05) is 0 Å². The summed E-state index contributed by atoms with van der Waals surface area (Å²) in [6.45, 7) is 2.37. The summed E-state index contributed by atoms with van der Waals surface area (Å²) < 4.78 is 0. The Kier molecular flexibility index (Phi) is 12.0. The van der Waals surface area contributed by atoms with Crippen molar-refractivity contribution in [1.82, 2.24) is 0 Å². The zero-order valence-corrected chi connectivity index (χ0v) is 22.8. The van der Waals surface area contributed by atoms with Crippen molar-refractivity contribution in [1.29, 1.82) is 0 Å². The number of hydrogen-bond donors (Lipinski definition) is 0. The standard InChI is InChI=1S/C28H28P2.2ClH.Ni/c1-2-24(30(27-19-11-5-12-20-27)28-21-13-6-14-22-28)23-29(25-15-7-3-8-16-25)26-17-9-4-10-18-26;;;/h3-22,24H,2,23H2,1H3;2*1H;/q;;;+2/p-2. The normalized spacial score (nSPS) is 11.8. The molecule has 0 bridgehead atoms. The van der Waals surface area contributed by atoms with Crippen molar-refractivity contribution in [2.45, 2.75) is 19.0 Å². The molecule has 0 aromatic heterocycles. The second kappa shape index (κ2) is 14.9. The summed E-state index contributed by atoms with van der Waals surface area (Å²) in [5.41, 5.74) is 0.635. The molecule has 5 heteroatoms. The summed E-state index contributed by atoms with van der Waals surface area (Å²) in [7, 11) is 8.60. The van der Waals surface area contributed by atoms with Gasteiger partial charge in [-0.3, -0.25) is 0 Å². The third-order valence-corrected chi connectivity index (χ3v) is 11.4. The van der Waals surface area contributed by atoms with Crippen LogP contribution in [0.1, 0.15) is 13.3 Å². The van der Waals surface area contributed by atoms with Crippen molar-refractivity contribution in [2.75, 3.05) is 6.16 Å². The molecule has 1 atom stereocenters.